The Kier molecular flexibility index (Phi) is 5.65. The van der Waals surface area contributed by atoms with E-state index in [4.69, 9.17) is 27.9 Å². The molecule has 0 fully saturated rings. The summed E-state index contributed by atoms with van der Waals surface area (Å²) >= 11 is 12.0. The van der Waals surface area contributed by atoms with E-state index in [9.17, 15) is 14.7 Å². The second-order valence-corrected chi connectivity index (χ2v) is 6.57. The number of hydrogen-bond acceptors (Lipinski definition) is 4. The smallest absolute Gasteiger partial charge is 0.338 e. The van der Waals surface area contributed by atoms with E-state index >= 15 is 0 Å². The van der Waals surface area contributed by atoms with Crippen molar-refractivity contribution in [3.8, 4) is 0 Å². The van der Waals surface area contributed by atoms with Gasteiger partial charge in [0, 0.05) is 24.2 Å². The van der Waals surface area contributed by atoms with Crippen molar-refractivity contribution in [1.82, 2.24) is 9.97 Å². The first-order valence-electron chi connectivity index (χ1n) is 7.90. The van der Waals surface area contributed by atoms with Crippen LogP contribution in [-0.2, 0) is 11.2 Å². The Balaban J connectivity index is 1.97. The molecular formula is C18H15Cl2N3O4. The number of amides is 1. The van der Waals surface area contributed by atoms with Crippen molar-refractivity contribution in [2.75, 3.05) is 19.0 Å². The summed E-state index contributed by atoms with van der Waals surface area (Å²) in [6.45, 7) is 0.444. The maximum Gasteiger partial charge on any atom is 0.338 e. The molecule has 1 amide bonds. The molecule has 0 aliphatic rings. The van der Waals surface area contributed by atoms with Crippen LogP contribution in [0.3, 0.4) is 0 Å². The summed E-state index contributed by atoms with van der Waals surface area (Å²) in [5, 5.41) is 12.7. The predicted octanol–water partition coefficient (Wildman–Crippen LogP) is 4.01. The maximum absolute atomic E-state index is 12.5. The Morgan fingerprint density at radius 2 is 2.00 bits per heavy atom. The normalized spacial score (nSPS) is 10.9. The van der Waals surface area contributed by atoms with Gasteiger partial charge in [0.05, 0.1) is 28.3 Å². The fraction of sp³-hybridized carbons (Fsp3) is 0.167. The molecular weight excluding hydrogens is 393 g/mol. The summed E-state index contributed by atoms with van der Waals surface area (Å²) in [6, 6.07) is 7.49. The maximum atomic E-state index is 12.5. The lowest BCUT2D eigenvalue weighted by Gasteiger charge is -2.08. The van der Waals surface area contributed by atoms with Crippen molar-refractivity contribution >= 4 is 51.8 Å². The number of halogens is 2. The molecule has 2 aromatic carbocycles. The van der Waals surface area contributed by atoms with Gasteiger partial charge < -0.3 is 20.1 Å². The standard InChI is InChI=1S/C18H15Cl2N3O4/c1-27-5-4-15-22-14-8-10(7-12(18(25)26)16(14)23-15)21-17(24)11-6-9(19)2-3-13(11)20/h2-3,6-8H,4-5H2,1H3,(H,21,24)(H,22,23)(H,25,26). The topological polar surface area (TPSA) is 104 Å². The Labute approximate surface area is 164 Å². The molecule has 0 spiro atoms. The van der Waals surface area contributed by atoms with E-state index in [-0.39, 0.29) is 16.1 Å². The number of ether oxygens (including phenoxy) is 1. The number of imidazole rings is 1. The van der Waals surface area contributed by atoms with Gasteiger partial charge in [-0.3, -0.25) is 4.79 Å². The first kappa shape index (κ1) is 19.2. The molecule has 140 valence electrons. The lowest BCUT2D eigenvalue weighted by atomic mass is 10.1. The molecule has 3 N–H and O–H groups in total. The van der Waals surface area contributed by atoms with Crippen LogP contribution < -0.4 is 5.32 Å². The molecule has 7 nitrogen and oxygen atoms in total. The minimum atomic E-state index is -1.15. The van der Waals surface area contributed by atoms with E-state index in [1.54, 1.807) is 19.2 Å². The number of aromatic nitrogens is 2. The fourth-order valence-electron chi connectivity index (χ4n) is 2.59. The summed E-state index contributed by atoms with van der Waals surface area (Å²) < 4.78 is 5.01. The first-order chi connectivity index (χ1) is 12.9. The molecule has 0 atom stereocenters. The number of anilines is 1. The summed E-state index contributed by atoms with van der Waals surface area (Å²) in [4.78, 5) is 31.5. The summed E-state index contributed by atoms with van der Waals surface area (Å²) in [6.07, 6.45) is 0.504. The van der Waals surface area contributed by atoms with Crippen LogP contribution in [0.25, 0.3) is 11.0 Å². The van der Waals surface area contributed by atoms with E-state index in [1.165, 1.54) is 18.2 Å². The monoisotopic (exact) mass is 407 g/mol. The number of H-pyrrole nitrogens is 1. The molecule has 0 unspecified atom stereocenters. The third-order valence-electron chi connectivity index (χ3n) is 3.84. The second-order valence-electron chi connectivity index (χ2n) is 5.73. The highest BCUT2D eigenvalue weighted by Crippen LogP contribution is 2.25. The van der Waals surface area contributed by atoms with E-state index in [1.807, 2.05) is 0 Å². The number of nitrogens with one attached hydrogen (secondary N) is 2. The highest BCUT2D eigenvalue weighted by Gasteiger charge is 2.17. The number of benzene rings is 2. The van der Waals surface area contributed by atoms with Gasteiger partial charge >= 0.3 is 5.97 Å². The number of carboxylic acid groups (broad SMARTS) is 1. The number of aromatic amines is 1. The second kappa shape index (κ2) is 7.96. The van der Waals surface area contributed by atoms with Crippen molar-refractivity contribution in [2.45, 2.75) is 6.42 Å². The quantitative estimate of drug-likeness (QED) is 0.572. The first-order valence-corrected chi connectivity index (χ1v) is 8.66. The van der Waals surface area contributed by atoms with Gasteiger partial charge in [-0.2, -0.15) is 0 Å². The van der Waals surface area contributed by atoms with Crippen LogP contribution in [0.15, 0.2) is 30.3 Å². The van der Waals surface area contributed by atoms with Gasteiger partial charge in [-0.05, 0) is 30.3 Å². The van der Waals surface area contributed by atoms with Gasteiger partial charge in [-0.15, -0.1) is 0 Å². The highest BCUT2D eigenvalue weighted by molar-refractivity contribution is 6.36. The van der Waals surface area contributed by atoms with Crippen LogP contribution in [0.1, 0.15) is 26.5 Å². The van der Waals surface area contributed by atoms with Crippen LogP contribution in [0, 0.1) is 0 Å². The zero-order valence-corrected chi connectivity index (χ0v) is 15.7. The van der Waals surface area contributed by atoms with Gasteiger partial charge in [0.25, 0.3) is 5.91 Å². The molecule has 9 heteroatoms. The largest absolute Gasteiger partial charge is 0.478 e. The number of hydrogen-bond donors (Lipinski definition) is 3. The molecule has 0 saturated heterocycles. The minimum absolute atomic E-state index is 0.0279. The number of fused-ring (bicyclic) bond motifs is 1. The molecule has 0 radical (unpaired) electrons. The molecule has 3 rings (SSSR count). The number of carbonyl (C=O) groups excluding carboxylic acids is 1. The Morgan fingerprint density at radius 3 is 2.70 bits per heavy atom. The number of aromatic carboxylic acids is 1. The van der Waals surface area contributed by atoms with Crippen LogP contribution in [0.2, 0.25) is 10.0 Å². The molecule has 0 saturated carbocycles. The Hall–Kier alpha value is -2.61. The molecule has 3 aromatic rings. The molecule has 1 heterocycles. The number of carboxylic acids is 1. The van der Waals surface area contributed by atoms with Gasteiger partial charge in [-0.25, -0.2) is 9.78 Å². The van der Waals surface area contributed by atoms with Gasteiger partial charge in [-0.1, -0.05) is 23.2 Å². The highest BCUT2D eigenvalue weighted by atomic mass is 35.5. The molecule has 0 aliphatic heterocycles. The van der Waals surface area contributed by atoms with Gasteiger partial charge in [0.1, 0.15) is 11.3 Å². The van der Waals surface area contributed by atoms with Crippen molar-refractivity contribution in [3.05, 3.63) is 57.3 Å². The van der Waals surface area contributed by atoms with Crippen molar-refractivity contribution in [1.29, 1.82) is 0 Å². The van der Waals surface area contributed by atoms with Crippen molar-refractivity contribution in [3.63, 3.8) is 0 Å². The fourth-order valence-corrected chi connectivity index (χ4v) is 2.97. The van der Waals surface area contributed by atoms with E-state index in [2.05, 4.69) is 15.3 Å². The molecule has 0 aliphatic carbocycles. The zero-order chi connectivity index (χ0) is 19.6. The average molecular weight is 408 g/mol. The molecule has 1 aromatic heterocycles. The van der Waals surface area contributed by atoms with E-state index in [0.717, 1.165) is 0 Å². The van der Waals surface area contributed by atoms with Crippen LogP contribution in [0.4, 0.5) is 5.69 Å². The van der Waals surface area contributed by atoms with Gasteiger partial charge in [0.15, 0.2) is 0 Å². The zero-order valence-electron chi connectivity index (χ0n) is 14.2. The Morgan fingerprint density at radius 1 is 1.22 bits per heavy atom. The Bertz CT molecular complexity index is 1030. The van der Waals surface area contributed by atoms with Gasteiger partial charge in [0.2, 0.25) is 0 Å². The third kappa shape index (κ3) is 4.21. The minimum Gasteiger partial charge on any atom is -0.478 e. The van der Waals surface area contributed by atoms with Crippen LogP contribution in [-0.4, -0.2) is 40.7 Å². The molecule has 27 heavy (non-hydrogen) atoms. The lowest BCUT2D eigenvalue weighted by Crippen LogP contribution is -2.13. The number of rotatable bonds is 6. The van der Waals surface area contributed by atoms with E-state index in [0.29, 0.717) is 40.6 Å². The van der Waals surface area contributed by atoms with E-state index < -0.39 is 11.9 Å². The van der Waals surface area contributed by atoms with Crippen molar-refractivity contribution in [2.24, 2.45) is 0 Å². The molecule has 0 bridgehead atoms. The van der Waals surface area contributed by atoms with Crippen LogP contribution in [0.5, 0.6) is 0 Å². The van der Waals surface area contributed by atoms with Crippen molar-refractivity contribution < 1.29 is 19.4 Å². The number of nitrogens with zero attached hydrogens (tertiary/aromatic N) is 1. The third-order valence-corrected chi connectivity index (χ3v) is 4.40. The summed E-state index contributed by atoms with van der Waals surface area (Å²) in [5.41, 5.74) is 1.26. The SMILES string of the molecule is COCCc1nc2c(C(=O)O)cc(NC(=O)c3cc(Cl)ccc3Cl)cc2[nH]1. The van der Waals surface area contributed by atoms with Crippen LogP contribution >= 0.6 is 23.2 Å². The number of carbonyl (C=O) groups is 2. The number of methoxy groups -OCH3 is 1. The summed E-state index contributed by atoms with van der Waals surface area (Å²) in [7, 11) is 1.57. The lowest BCUT2D eigenvalue weighted by molar-refractivity contribution is 0.0698. The average Bonchev–Trinajstić information content (AvgIpc) is 3.03. The predicted molar refractivity (Wildman–Crippen MR) is 103 cm³/mol. The summed E-state index contributed by atoms with van der Waals surface area (Å²) in [5.74, 6) is -1.06.